The molecule has 0 aliphatic heterocycles. The van der Waals surface area contributed by atoms with Gasteiger partial charge in [0.2, 0.25) is 0 Å². The zero-order valence-electron chi connectivity index (χ0n) is 15.0. The van der Waals surface area contributed by atoms with Crippen molar-refractivity contribution in [2.24, 2.45) is 0 Å². The van der Waals surface area contributed by atoms with E-state index in [-0.39, 0.29) is 0 Å². The van der Waals surface area contributed by atoms with E-state index in [1.54, 1.807) is 21.3 Å². The molecular formula is C20H27NO3. The Hall–Kier alpha value is -2.20. The average molecular weight is 329 g/mol. The summed E-state index contributed by atoms with van der Waals surface area (Å²) < 4.78 is 16.0. The van der Waals surface area contributed by atoms with E-state index < -0.39 is 0 Å². The Morgan fingerprint density at radius 1 is 0.875 bits per heavy atom. The van der Waals surface area contributed by atoms with E-state index in [9.17, 15) is 0 Å². The molecule has 0 radical (unpaired) electrons. The second kappa shape index (κ2) is 9.18. The Balaban J connectivity index is 1.85. The molecule has 4 heteroatoms. The molecule has 1 N–H and O–H groups in total. The lowest BCUT2D eigenvalue weighted by atomic mass is 10.1. The molecule has 0 amide bonds. The van der Waals surface area contributed by atoms with Crippen molar-refractivity contribution >= 4 is 0 Å². The standard InChI is InChI=1S/C20H27NO3/c1-15(13-17-7-5-6-8-18(17)22-2)21-12-11-16-9-10-19(23-3)20(14-16)24-4/h5-10,14-15,21H,11-13H2,1-4H3. The van der Waals surface area contributed by atoms with Gasteiger partial charge in [-0.05, 0) is 55.6 Å². The minimum Gasteiger partial charge on any atom is -0.496 e. The van der Waals surface area contributed by atoms with E-state index in [0.717, 1.165) is 36.6 Å². The Labute approximate surface area is 144 Å². The van der Waals surface area contributed by atoms with E-state index in [2.05, 4.69) is 24.4 Å². The number of methoxy groups -OCH3 is 3. The van der Waals surface area contributed by atoms with Gasteiger partial charge in [0.1, 0.15) is 5.75 Å². The van der Waals surface area contributed by atoms with Crippen molar-refractivity contribution in [1.29, 1.82) is 0 Å². The van der Waals surface area contributed by atoms with Gasteiger partial charge < -0.3 is 19.5 Å². The van der Waals surface area contributed by atoms with E-state index in [4.69, 9.17) is 14.2 Å². The highest BCUT2D eigenvalue weighted by molar-refractivity contribution is 5.43. The van der Waals surface area contributed by atoms with Gasteiger partial charge in [-0.25, -0.2) is 0 Å². The van der Waals surface area contributed by atoms with Crippen LogP contribution in [0.2, 0.25) is 0 Å². The minimum absolute atomic E-state index is 0.376. The SMILES string of the molecule is COc1ccccc1CC(C)NCCc1ccc(OC)c(OC)c1. The fourth-order valence-electron chi connectivity index (χ4n) is 2.77. The summed E-state index contributed by atoms with van der Waals surface area (Å²) in [7, 11) is 5.03. The molecule has 24 heavy (non-hydrogen) atoms. The maximum absolute atomic E-state index is 5.41. The topological polar surface area (TPSA) is 39.7 Å². The molecule has 0 spiro atoms. The number of para-hydroxylation sites is 1. The molecule has 130 valence electrons. The van der Waals surface area contributed by atoms with Crippen molar-refractivity contribution in [2.75, 3.05) is 27.9 Å². The molecule has 0 aliphatic carbocycles. The zero-order chi connectivity index (χ0) is 17.4. The van der Waals surface area contributed by atoms with E-state index in [1.165, 1.54) is 11.1 Å². The first-order valence-electron chi connectivity index (χ1n) is 8.24. The molecular weight excluding hydrogens is 302 g/mol. The van der Waals surface area contributed by atoms with Crippen molar-refractivity contribution in [3.8, 4) is 17.2 Å². The summed E-state index contributed by atoms with van der Waals surface area (Å²) in [5, 5.41) is 3.57. The third-order valence-corrected chi connectivity index (χ3v) is 4.07. The van der Waals surface area contributed by atoms with Gasteiger partial charge in [-0.3, -0.25) is 0 Å². The third-order valence-electron chi connectivity index (χ3n) is 4.07. The van der Waals surface area contributed by atoms with Crippen LogP contribution in [0, 0.1) is 0 Å². The zero-order valence-corrected chi connectivity index (χ0v) is 15.0. The molecule has 2 aromatic carbocycles. The van der Waals surface area contributed by atoms with Gasteiger partial charge in [-0.1, -0.05) is 24.3 Å². The van der Waals surface area contributed by atoms with Gasteiger partial charge in [0, 0.05) is 6.04 Å². The summed E-state index contributed by atoms with van der Waals surface area (Å²) in [6.45, 7) is 3.10. The quantitative estimate of drug-likeness (QED) is 0.764. The fourth-order valence-corrected chi connectivity index (χ4v) is 2.77. The molecule has 0 fully saturated rings. The summed E-state index contributed by atoms with van der Waals surface area (Å²) >= 11 is 0. The summed E-state index contributed by atoms with van der Waals surface area (Å²) in [6, 6.07) is 14.6. The Morgan fingerprint density at radius 3 is 2.29 bits per heavy atom. The minimum atomic E-state index is 0.376. The molecule has 0 aliphatic rings. The molecule has 1 atom stereocenters. The Bertz CT molecular complexity index is 643. The highest BCUT2D eigenvalue weighted by Gasteiger charge is 2.08. The normalized spacial score (nSPS) is 11.8. The molecule has 2 rings (SSSR count). The average Bonchev–Trinajstić information content (AvgIpc) is 2.62. The lowest BCUT2D eigenvalue weighted by Gasteiger charge is -2.16. The van der Waals surface area contributed by atoms with Crippen LogP contribution in [0.5, 0.6) is 17.2 Å². The van der Waals surface area contributed by atoms with Gasteiger partial charge in [-0.15, -0.1) is 0 Å². The van der Waals surface area contributed by atoms with Crippen LogP contribution in [0.4, 0.5) is 0 Å². The summed E-state index contributed by atoms with van der Waals surface area (Å²) in [6.07, 6.45) is 1.88. The molecule has 4 nitrogen and oxygen atoms in total. The highest BCUT2D eigenvalue weighted by Crippen LogP contribution is 2.27. The van der Waals surface area contributed by atoms with Crippen LogP contribution in [-0.2, 0) is 12.8 Å². The summed E-state index contributed by atoms with van der Waals surface area (Å²) in [4.78, 5) is 0. The fraction of sp³-hybridized carbons (Fsp3) is 0.400. The largest absolute Gasteiger partial charge is 0.496 e. The van der Waals surface area contributed by atoms with Crippen LogP contribution in [0.25, 0.3) is 0 Å². The maximum Gasteiger partial charge on any atom is 0.160 e. The van der Waals surface area contributed by atoms with Gasteiger partial charge in [0.15, 0.2) is 11.5 Å². The number of rotatable bonds is 9. The number of hydrogen-bond acceptors (Lipinski definition) is 4. The van der Waals surface area contributed by atoms with Crippen LogP contribution >= 0.6 is 0 Å². The van der Waals surface area contributed by atoms with Crippen LogP contribution < -0.4 is 19.5 Å². The van der Waals surface area contributed by atoms with Gasteiger partial charge in [-0.2, -0.15) is 0 Å². The number of hydrogen-bond donors (Lipinski definition) is 1. The number of benzene rings is 2. The molecule has 0 aromatic heterocycles. The Kier molecular flexibility index (Phi) is 6.94. The van der Waals surface area contributed by atoms with Crippen molar-refractivity contribution in [3.63, 3.8) is 0 Å². The highest BCUT2D eigenvalue weighted by atomic mass is 16.5. The number of nitrogens with one attached hydrogen (secondary N) is 1. The van der Waals surface area contributed by atoms with Crippen LogP contribution in [0.15, 0.2) is 42.5 Å². The third kappa shape index (κ3) is 4.90. The summed E-state index contributed by atoms with van der Waals surface area (Å²) in [5.74, 6) is 2.49. The molecule has 2 aromatic rings. The van der Waals surface area contributed by atoms with Crippen LogP contribution in [0.3, 0.4) is 0 Å². The first kappa shape index (κ1) is 18.1. The van der Waals surface area contributed by atoms with Crippen molar-refractivity contribution in [2.45, 2.75) is 25.8 Å². The first-order chi connectivity index (χ1) is 11.7. The van der Waals surface area contributed by atoms with Gasteiger partial charge >= 0.3 is 0 Å². The van der Waals surface area contributed by atoms with Crippen molar-refractivity contribution in [1.82, 2.24) is 5.32 Å². The smallest absolute Gasteiger partial charge is 0.160 e. The molecule has 0 saturated heterocycles. The second-order valence-corrected chi connectivity index (χ2v) is 5.81. The predicted octanol–water partition coefficient (Wildman–Crippen LogP) is 3.48. The second-order valence-electron chi connectivity index (χ2n) is 5.81. The summed E-state index contributed by atoms with van der Waals surface area (Å²) in [5.41, 5.74) is 2.45. The van der Waals surface area contributed by atoms with E-state index in [1.807, 2.05) is 30.3 Å². The molecule has 0 heterocycles. The van der Waals surface area contributed by atoms with Gasteiger partial charge in [0.25, 0.3) is 0 Å². The first-order valence-corrected chi connectivity index (χ1v) is 8.24. The maximum atomic E-state index is 5.41. The van der Waals surface area contributed by atoms with Crippen molar-refractivity contribution in [3.05, 3.63) is 53.6 Å². The van der Waals surface area contributed by atoms with Crippen LogP contribution in [0.1, 0.15) is 18.1 Å². The van der Waals surface area contributed by atoms with Crippen LogP contribution in [-0.4, -0.2) is 33.9 Å². The predicted molar refractivity (Wildman–Crippen MR) is 97.4 cm³/mol. The Morgan fingerprint density at radius 2 is 1.58 bits per heavy atom. The van der Waals surface area contributed by atoms with E-state index >= 15 is 0 Å². The lowest BCUT2D eigenvalue weighted by Crippen LogP contribution is -2.30. The number of ether oxygens (including phenoxy) is 3. The molecule has 0 saturated carbocycles. The van der Waals surface area contributed by atoms with Crippen molar-refractivity contribution < 1.29 is 14.2 Å². The van der Waals surface area contributed by atoms with E-state index in [0.29, 0.717) is 6.04 Å². The molecule has 1 unspecified atom stereocenters. The monoisotopic (exact) mass is 329 g/mol. The van der Waals surface area contributed by atoms with Gasteiger partial charge in [0.05, 0.1) is 21.3 Å². The molecule has 0 bridgehead atoms. The lowest BCUT2D eigenvalue weighted by molar-refractivity contribution is 0.354.